The van der Waals surface area contributed by atoms with Crippen molar-refractivity contribution in [1.82, 2.24) is 0 Å². The third-order valence-corrected chi connectivity index (χ3v) is 8.90. The van der Waals surface area contributed by atoms with E-state index in [0.29, 0.717) is 13.0 Å². The Morgan fingerprint density at radius 3 is 1.02 bits per heavy atom. The first-order valence-corrected chi connectivity index (χ1v) is 19.6. The number of carbonyl (C=O) groups excluding carboxylic acids is 1. The summed E-state index contributed by atoms with van der Waals surface area (Å²) in [5, 5.41) is 0. The van der Waals surface area contributed by atoms with Gasteiger partial charge < -0.3 is 4.74 Å². The highest BCUT2D eigenvalue weighted by molar-refractivity contribution is 5.69. The lowest BCUT2D eigenvalue weighted by Gasteiger charge is -2.05. The number of esters is 1. The van der Waals surface area contributed by atoms with Gasteiger partial charge in [0.1, 0.15) is 0 Å². The van der Waals surface area contributed by atoms with Crippen LogP contribution in [0.25, 0.3) is 0 Å². The first-order valence-electron chi connectivity index (χ1n) is 19.6. The van der Waals surface area contributed by atoms with Crippen LogP contribution in [0.5, 0.6) is 0 Å². The number of ether oxygens (including phenoxy) is 1. The highest BCUT2D eigenvalue weighted by Gasteiger charge is 2.03. The van der Waals surface area contributed by atoms with E-state index in [2.05, 4.69) is 26.0 Å². The third kappa shape index (κ3) is 37.2. The fraction of sp³-hybridized carbons (Fsp3) is 0.925. The SMILES string of the molecule is CCCCCCCC/C=C/CCCCCCCCOC(=O)CCCCCCCCCCCCCCCCCCCCC. The quantitative estimate of drug-likeness (QED) is 0.0412. The molecule has 2 nitrogen and oxygen atoms in total. The maximum absolute atomic E-state index is 12.0. The van der Waals surface area contributed by atoms with Gasteiger partial charge >= 0.3 is 5.97 Å². The Labute approximate surface area is 266 Å². The van der Waals surface area contributed by atoms with Gasteiger partial charge in [0, 0.05) is 6.42 Å². The Balaban J connectivity index is 3.18. The zero-order chi connectivity index (χ0) is 30.4. The maximum atomic E-state index is 12.0. The number of allylic oxidation sites excluding steroid dienone is 2. The lowest BCUT2D eigenvalue weighted by atomic mass is 10.0. The molecule has 250 valence electrons. The second-order valence-corrected chi connectivity index (χ2v) is 13.3. The van der Waals surface area contributed by atoms with Gasteiger partial charge in [-0.1, -0.05) is 199 Å². The van der Waals surface area contributed by atoms with E-state index in [4.69, 9.17) is 4.74 Å². The number of hydrogen-bond acceptors (Lipinski definition) is 2. The van der Waals surface area contributed by atoms with Crippen LogP contribution in [-0.4, -0.2) is 12.6 Å². The molecule has 0 aliphatic carbocycles. The van der Waals surface area contributed by atoms with Gasteiger partial charge in [0.25, 0.3) is 0 Å². The monoisotopic (exact) mass is 591 g/mol. The minimum absolute atomic E-state index is 0.0229. The zero-order valence-electron chi connectivity index (χ0n) is 29.2. The van der Waals surface area contributed by atoms with Crippen molar-refractivity contribution in [2.75, 3.05) is 6.61 Å². The normalized spacial score (nSPS) is 11.6. The molecule has 0 atom stereocenters. The van der Waals surface area contributed by atoms with Crippen molar-refractivity contribution in [1.29, 1.82) is 0 Å². The van der Waals surface area contributed by atoms with E-state index in [1.807, 2.05) is 0 Å². The molecule has 0 aromatic carbocycles. The highest BCUT2D eigenvalue weighted by Crippen LogP contribution is 2.15. The van der Waals surface area contributed by atoms with Crippen LogP contribution in [0, 0.1) is 0 Å². The Morgan fingerprint density at radius 1 is 0.381 bits per heavy atom. The zero-order valence-corrected chi connectivity index (χ0v) is 29.2. The average molecular weight is 591 g/mol. The Bertz CT molecular complexity index is 526. The summed E-state index contributed by atoms with van der Waals surface area (Å²) in [5.41, 5.74) is 0. The van der Waals surface area contributed by atoms with Crippen LogP contribution in [0.2, 0.25) is 0 Å². The van der Waals surface area contributed by atoms with Crippen LogP contribution in [-0.2, 0) is 9.53 Å². The molecule has 0 aromatic rings. The maximum Gasteiger partial charge on any atom is 0.305 e. The van der Waals surface area contributed by atoms with Crippen LogP contribution < -0.4 is 0 Å². The molecule has 0 rings (SSSR count). The van der Waals surface area contributed by atoms with Crippen LogP contribution in [0.3, 0.4) is 0 Å². The van der Waals surface area contributed by atoms with Gasteiger partial charge in [0.2, 0.25) is 0 Å². The predicted molar refractivity (Wildman–Crippen MR) is 188 cm³/mol. The molecule has 0 saturated carbocycles. The van der Waals surface area contributed by atoms with Crippen LogP contribution >= 0.6 is 0 Å². The van der Waals surface area contributed by atoms with Gasteiger partial charge in [-0.15, -0.1) is 0 Å². The standard InChI is InChI=1S/C40H78O2/c1-3-5-7-9-11-13-15-17-19-21-22-23-24-26-28-30-32-34-36-38-40(41)42-39-37-35-33-31-29-27-25-20-18-16-14-12-10-8-6-4-2/h18,20H,3-17,19,21-39H2,1-2H3/b20-18+. The summed E-state index contributed by atoms with van der Waals surface area (Å²) in [6, 6.07) is 0. The first-order chi connectivity index (χ1) is 20.8. The summed E-state index contributed by atoms with van der Waals surface area (Å²) in [6.07, 6.45) is 50.0. The van der Waals surface area contributed by atoms with Crippen LogP contribution in [0.4, 0.5) is 0 Å². The van der Waals surface area contributed by atoms with Crippen molar-refractivity contribution in [3.63, 3.8) is 0 Å². The Kier molecular flexibility index (Phi) is 37.5. The Hall–Kier alpha value is -0.790. The number of carbonyl (C=O) groups is 1. The predicted octanol–water partition coefficient (Wildman–Crippen LogP) is 14.4. The molecule has 0 aliphatic rings. The average Bonchev–Trinajstić information content (AvgIpc) is 3.00. The summed E-state index contributed by atoms with van der Waals surface area (Å²) in [7, 11) is 0. The number of rotatable bonds is 36. The van der Waals surface area contributed by atoms with E-state index >= 15 is 0 Å². The fourth-order valence-corrected chi connectivity index (χ4v) is 5.96. The minimum atomic E-state index is 0.0229. The van der Waals surface area contributed by atoms with Crippen molar-refractivity contribution in [3.05, 3.63) is 12.2 Å². The van der Waals surface area contributed by atoms with E-state index in [9.17, 15) is 4.79 Å². The van der Waals surface area contributed by atoms with Crippen molar-refractivity contribution >= 4 is 5.97 Å². The summed E-state index contributed by atoms with van der Waals surface area (Å²) in [5.74, 6) is 0.0229. The van der Waals surface area contributed by atoms with Gasteiger partial charge in [-0.05, 0) is 38.5 Å². The molecule has 0 unspecified atom stereocenters. The van der Waals surface area contributed by atoms with Gasteiger partial charge in [0.15, 0.2) is 0 Å². The van der Waals surface area contributed by atoms with Crippen LogP contribution in [0.15, 0.2) is 12.2 Å². The molecule has 0 heterocycles. The number of unbranched alkanes of at least 4 members (excludes halogenated alkanes) is 30. The van der Waals surface area contributed by atoms with Crippen molar-refractivity contribution < 1.29 is 9.53 Å². The second kappa shape index (κ2) is 38.2. The summed E-state index contributed by atoms with van der Waals surface area (Å²) in [4.78, 5) is 12.0. The molecule has 0 spiro atoms. The molecule has 0 fully saturated rings. The topological polar surface area (TPSA) is 26.3 Å². The van der Waals surface area contributed by atoms with E-state index in [1.54, 1.807) is 0 Å². The first kappa shape index (κ1) is 41.2. The lowest BCUT2D eigenvalue weighted by molar-refractivity contribution is -0.143. The molecule has 0 amide bonds. The van der Waals surface area contributed by atoms with Crippen molar-refractivity contribution in [2.24, 2.45) is 0 Å². The largest absolute Gasteiger partial charge is 0.466 e. The molecule has 0 aliphatic heterocycles. The fourth-order valence-electron chi connectivity index (χ4n) is 5.96. The highest BCUT2D eigenvalue weighted by atomic mass is 16.5. The molecular formula is C40H78O2. The smallest absolute Gasteiger partial charge is 0.305 e. The molecule has 0 bridgehead atoms. The van der Waals surface area contributed by atoms with Gasteiger partial charge in [-0.3, -0.25) is 4.79 Å². The van der Waals surface area contributed by atoms with E-state index in [0.717, 1.165) is 12.8 Å². The summed E-state index contributed by atoms with van der Waals surface area (Å²) >= 11 is 0. The number of hydrogen-bond donors (Lipinski definition) is 0. The van der Waals surface area contributed by atoms with E-state index < -0.39 is 0 Å². The molecule has 42 heavy (non-hydrogen) atoms. The molecule has 0 N–H and O–H groups in total. The summed E-state index contributed by atoms with van der Waals surface area (Å²) < 4.78 is 5.45. The van der Waals surface area contributed by atoms with Gasteiger partial charge in [-0.25, -0.2) is 0 Å². The van der Waals surface area contributed by atoms with Crippen molar-refractivity contribution in [3.8, 4) is 0 Å². The second-order valence-electron chi connectivity index (χ2n) is 13.3. The van der Waals surface area contributed by atoms with Gasteiger partial charge in [-0.2, -0.15) is 0 Å². The third-order valence-electron chi connectivity index (χ3n) is 8.90. The molecular weight excluding hydrogens is 512 g/mol. The van der Waals surface area contributed by atoms with E-state index in [1.165, 1.54) is 199 Å². The molecule has 0 aromatic heterocycles. The molecule has 0 radical (unpaired) electrons. The van der Waals surface area contributed by atoms with Gasteiger partial charge in [0.05, 0.1) is 6.61 Å². The molecule has 0 saturated heterocycles. The molecule has 2 heteroatoms. The summed E-state index contributed by atoms with van der Waals surface area (Å²) in [6.45, 7) is 5.20. The van der Waals surface area contributed by atoms with Crippen molar-refractivity contribution in [2.45, 2.75) is 232 Å². The minimum Gasteiger partial charge on any atom is -0.466 e. The van der Waals surface area contributed by atoms with Crippen LogP contribution in [0.1, 0.15) is 232 Å². The van der Waals surface area contributed by atoms with E-state index in [-0.39, 0.29) is 5.97 Å². The lowest BCUT2D eigenvalue weighted by Crippen LogP contribution is -2.05. The Morgan fingerprint density at radius 2 is 0.667 bits per heavy atom.